The molecule has 0 aliphatic carbocycles. The van der Waals surface area contributed by atoms with Crippen LogP contribution in [0.5, 0.6) is 5.88 Å². The highest BCUT2D eigenvalue weighted by molar-refractivity contribution is 7.15. The third-order valence-electron chi connectivity index (χ3n) is 4.79. The first kappa shape index (κ1) is 19.3. The minimum absolute atomic E-state index is 0.0437. The van der Waals surface area contributed by atoms with Gasteiger partial charge in [-0.05, 0) is 6.92 Å². The molecule has 2 unspecified atom stereocenters. The largest absolute Gasteiger partial charge is 0.472 e. The second-order valence-electron chi connectivity index (χ2n) is 7.07. The van der Waals surface area contributed by atoms with Gasteiger partial charge < -0.3 is 20.2 Å². The normalized spacial score (nSPS) is 19.5. The Hall–Kier alpha value is -2.98. The molecule has 2 atom stereocenters. The van der Waals surface area contributed by atoms with Crippen molar-refractivity contribution in [3.63, 3.8) is 0 Å². The van der Waals surface area contributed by atoms with Gasteiger partial charge in [-0.2, -0.15) is 0 Å². The molecule has 1 aliphatic rings. The molecule has 4 rings (SSSR count). The van der Waals surface area contributed by atoms with Gasteiger partial charge in [0.05, 0.1) is 5.39 Å². The molecule has 1 saturated heterocycles. The number of nitrogens with zero attached hydrogens (tertiary/aromatic N) is 3. The number of fused-ring (bicyclic) bond motifs is 1. The first-order chi connectivity index (χ1) is 13.9. The quantitative estimate of drug-likeness (QED) is 0.633. The average Bonchev–Trinajstić information content (AvgIpc) is 3.35. The Labute approximate surface area is 170 Å². The number of primary amides is 1. The zero-order valence-corrected chi connectivity index (χ0v) is 16.9. The van der Waals surface area contributed by atoms with Crippen LogP contribution in [-0.2, 0) is 11.3 Å². The van der Waals surface area contributed by atoms with E-state index < -0.39 is 5.91 Å². The molecule has 0 saturated carbocycles. The number of thiazole rings is 1. The zero-order chi connectivity index (χ0) is 20.5. The topological polar surface area (TPSA) is 124 Å². The van der Waals surface area contributed by atoms with E-state index in [0.717, 1.165) is 24.4 Å². The number of carbonyl (C=O) groups is 2. The summed E-state index contributed by atoms with van der Waals surface area (Å²) in [5.74, 6) is -0.242. The molecule has 1 fully saturated rings. The molecule has 3 N–H and O–H groups in total. The average molecular weight is 415 g/mol. The van der Waals surface area contributed by atoms with Gasteiger partial charge in [0.15, 0.2) is 10.9 Å². The molecule has 0 aromatic carbocycles. The Bertz CT molecular complexity index is 1060. The van der Waals surface area contributed by atoms with E-state index in [1.54, 1.807) is 24.5 Å². The van der Waals surface area contributed by atoms with Crippen molar-refractivity contribution in [3.05, 3.63) is 35.2 Å². The number of amides is 2. The van der Waals surface area contributed by atoms with Gasteiger partial charge in [-0.1, -0.05) is 0 Å². The number of pyridine rings is 1. The van der Waals surface area contributed by atoms with E-state index in [9.17, 15) is 9.59 Å². The molecule has 29 heavy (non-hydrogen) atoms. The van der Waals surface area contributed by atoms with Crippen molar-refractivity contribution in [3.8, 4) is 5.88 Å². The van der Waals surface area contributed by atoms with E-state index in [1.807, 2.05) is 0 Å². The first-order valence-electron chi connectivity index (χ1n) is 9.20. The van der Waals surface area contributed by atoms with Crippen LogP contribution in [0.15, 0.2) is 28.9 Å². The third kappa shape index (κ3) is 4.22. The zero-order valence-electron chi connectivity index (χ0n) is 16.0. The van der Waals surface area contributed by atoms with Gasteiger partial charge in [0.25, 0.3) is 5.91 Å². The summed E-state index contributed by atoms with van der Waals surface area (Å²) >= 11 is 1.47. The van der Waals surface area contributed by atoms with Crippen molar-refractivity contribution < 1.29 is 18.7 Å². The number of nitrogens with one attached hydrogen (secondary N) is 1. The Morgan fingerprint density at radius 3 is 3.03 bits per heavy atom. The first-order valence-corrected chi connectivity index (χ1v) is 10.0. The lowest BCUT2D eigenvalue weighted by molar-refractivity contribution is -0.114. The van der Waals surface area contributed by atoms with E-state index in [2.05, 4.69) is 27.1 Å². The number of ether oxygens (including phenoxy) is 1. The van der Waals surface area contributed by atoms with Crippen molar-refractivity contribution >= 4 is 39.3 Å². The summed E-state index contributed by atoms with van der Waals surface area (Å²) < 4.78 is 11.6. The maximum absolute atomic E-state index is 11.4. The van der Waals surface area contributed by atoms with Crippen LogP contribution in [-0.4, -0.2) is 45.4 Å². The standard InChI is InChI=1S/C19H21N5O4S/c1-10-5-12(8-24(10)9-13-7-22-19(29-13)23-11(2)25)27-18-14-6-16(17(20)26)28-15(14)3-4-21-18/h3-4,6-7,10,12H,5,8-9H2,1-2H3,(H2,20,26)(H,22,23,25). The molecule has 0 radical (unpaired) electrons. The number of aromatic nitrogens is 2. The maximum atomic E-state index is 11.4. The Morgan fingerprint density at radius 2 is 2.28 bits per heavy atom. The summed E-state index contributed by atoms with van der Waals surface area (Å²) in [5, 5.41) is 3.94. The van der Waals surface area contributed by atoms with Crippen molar-refractivity contribution in [2.75, 3.05) is 11.9 Å². The van der Waals surface area contributed by atoms with E-state index in [0.29, 0.717) is 28.0 Å². The van der Waals surface area contributed by atoms with Crippen LogP contribution in [0.25, 0.3) is 11.0 Å². The summed E-state index contributed by atoms with van der Waals surface area (Å²) in [6, 6.07) is 3.56. The smallest absolute Gasteiger partial charge is 0.284 e. The summed E-state index contributed by atoms with van der Waals surface area (Å²) in [5.41, 5.74) is 5.82. The van der Waals surface area contributed by atoms with Gasteiger partial charge in [-0.15, -0.1) is 11.3 Å². The van der Waals surface area contributed by atoms with Crippen molar-refractivity contribution in [1.29, 1.82) is 0 Å². The number of furan rings is 1. The van der Waals surface area contributed by atoms with Gasteiger partial charge in [0.2, 0.25) is 11.8 Å². The van der Waals surface area contributed by atoms with Gasteiger partial charge in [0.1, 0.15) is 11.7 Å². The van der Waals surface area contributed by atoms with Crippen LogP contribution in [0, 0.1) is 0 Å². The number of rotatable bonds is 6. The predicted molar refractivity (Wildman–Crippen MR) is 108 cm³/mol. The minimum atomic E-state index is -0.629. The molecule has 2 amide bonds. The number of likely N-dealkylation sites (tertiary alicyclic amines) is 1. The van der Waals surface area contributed by atoms with Crippen LogP contribution < -0.4 is 15.8 Å². The number of carbonyl (C=O) groups excluding carboxylic acids is 2. The molecule has 0 spiro atoms. The van der Waals surface area contributed by atoms with Crippen LogP contribution in [0.4, 0.5) is 5.13 Å². The molecule has 1 aliphatic heterocycles. The molecule has 3 aromatic rings. The molecule has 10 heteroatoms. The maximum Gasteiger partial charge on any atom is 0.284 e. The highest BCUT2D eigenvalue weighted by Crippen LogP contribution is 2.31. The fraction of sp³-hybridized carbons (Fsp3) is 0.368. The van der Waals surface area contributed by atoms with Gasteiger partial charge in [0, 0.05) is 61.9 Å². The molecule has 0 bridgehead atoms. The second kappa shape index (κ2) is 7.80. The monoisotopic (exact) mass is 415 g/mol. The lowest BCUT2D eigenvalue weighted by Gasteiger charge is -2.19. The predicted octanol–water partition coefficient (Wildman–Crippen LogP) is 2.38. The third-order valence-corrected chi connectivity index (χ3v) is 5.69. The summed E-state index contributed by atoms with van der Waals surface area (Å²) in [6.45, 7) is 5.07. The second-order valence-corrected chi connectivity index (χ2v) is 8.18. The summed E-state index contributed by atoms with van der Waals surface area (Å²) in [6.07, 6.45) is 4.17. The fourth-order valence-electron chi connectivity index (χ4n) is 3.45. The highest BCUT2D eigenvalue weighted by Gasteiger charge is 2.31. The Morgan fingerprint density at radius 1 is 1.45 bits per heavy atom. The molecule has 152 valence electrons. The van der Waals surface area contributed by atoms with Gasteiger partial charge in [-0.3, -0.25) is 14.5 Å². The number of nitrogens with two attached hydrogens (primary N) is 1. The Balaban J connectivity index is 1.44. The van der Waals surface area contributed by atoms with Crippen LogP contribution in [0.1, 0.15) is 35.7 Å². The molecular formula is C19H21N5O4S. The molecule has 3 aromatic heterocycles. The minimum Gasteiger partial charge on any atom is -0.472 e. The van der Waals surface area contributed by atoms with Crippen LogP contribution in [0.2, 0.25) is 0 Å². The number of anilines is 1. The van der Waals surface area contributed by atoms with Crippen molar-refractivity contribution in [2.24, 2.45) is 5.73 Å². The Kier molecular flexibility index (Phi) is 5.20. The highest BCUT2D eigenvalue weighted by atomic mass is 32.1. The number of hydrogen-bond donors (Lipinski definition) is 2. The molecule has 9 nitrogen and oxygen atoms in total. The summed E-state index contributed by atoms with van der Waals surface area (Å²) in [4.78, 5) is 34.5. The lowest BCUT2D eigenvalue weighted by atomic mass is 10.2. The molecular weight excluding hydrogens is 394 g/mol. The lowest BCUT2D eigenvalue weighted by Crippen LogP contribution is -2.27. The van der Waals surface area contributed by atoms with Gasteiger partial charge >= 0.3 is 0 Å². The number of hydrogen-bond acceptors (Lipinski definition) is 8. The van der Waals surface area contributed by atoms with Gasteiger partial charge in [-0.25, -0.2) is 9.97 Å². The summed E-state index contributed by atoms with van der Waals surface area (Å²) in [7, 11) is 0. The van der Waals surface area contributed by atoms with Crippen molar-refractivity contribution in [2.45, 2.75) is 39.0 Å². The molecule has 4 heterocycles. The van der Waals surface area contributed by atoms with E-state index in [-0.39, 0.29) is 17.8 Å². The van der Waals surface area contributed by atoms with E-state index >= 15 is 0 Å². The van der Waals surface area contributed by atoms with Crippen LogP contribution >= 0.6 is 11.3 Å². The van der Waals surface area contributed by atoms with Crippen molar-refractivity contribution in [1.82, 2.24) is 14.9 Å². The fourth-order valence-corrected chi connectivity index (χ4v) is 4.34. The van der Waals surface area contributed by atoms with E-state index in [1.165, 1.54) is 18.3 Å². The SMILES string of the molecule is CC(=O)Nc1ncc(CN2CC(Oc3nccc4oc(C(N)=O)cc34)CC2C)s1. The van der Waals surface area contributed by atoms with Crippen LogP contribution in [0.3, 0.4) is 0 Å². The van der Waals surface area contributed by atoms with E-state index in [4.69, 9.17) is 14.9 Å².